The number of anilines is 2. The molecule has 0 unspecified atom stereocenters. The highest BCUT2D eigenvalue weighted by Crippen LogP contribution is 2.25. The van der Waals surface area contributed by atoms with Crippen molar-refractivity contribution in [1.82, 2.24) is 0 Å². The van der Waals surface area contributed by atoms with Gasteiger partial charge < -0.3 is 15.4 Å². The third kappa shape index (κ3) is 7.18. The summed E-state index contributed by atoms with van der Waals surface area (Å²) in [5.41, 5.74) is 3.15. The van der Waals surface area contributed by atoms with Crippen molar-refractivity contribution in [3.63, 3.8) is 0 Å². The van der Waals surface area contributed by atoms with Crippen LogP contribution >= 0.6 is 27.5 Å². The molecule has 154 valence electrons. The molecule has 0 aliphatic rings. The van der Waals surface area contributed by atoms with Crippen molar-refractivity contribution < 1.29 is 19.1 Å². The Kier molecular flexibility index (Phi) is 8.67. The van der Waals surface area contributed by atoms with Gasteiger partial charge in [-0.05, 0) is 55.7 Å². The van der Waals surface area contributed by atoms with Gasteiger partial charge in [-0.3, -0.25) is 14.4 Å². The van der Waals surface area contributed by atoms with E-state index in [2.05, 4.69) is 26.6 Å². The van der Waals surface area contributed by atoms with Crippen molar-refractivity contribution in [2.45, 2.75) is 33.1 Å². The minimum atomic E-state index is -0.533. The van der Waals surface area contributed by atoms with Crippen molar-refractivity contribution in [3.05, 3.63) is 57.0 Å². The van der Waals surface area contributed by atoms with Crippen LogP contribution in [0.1, 0.15) is 30.4 Å². The van der Waals surface area contributed by atoms with Crippen LogP contribution in [0.3, 0.4) is 0 Å². The summed E-state index contributed by atoms with van der Waals surface area (Å²) < 4.78 is 5.93. The Morgan fingerprint density at radius 2 is 1.62 bits per heavy atom. The quantitative estimate of drug-likeness (QED) is 0.519. The standard InChI is InChI=1S/C21H22BrClN2O4/c1-13-14(2)17(11-10-15(13)22)24-20(27)12-29-21(28)9-5-8-19(26)25-18-7-4-3-6-16(18)23/h3-4,6-7,10-11H,5,8-9,12H2,1-2H3,(H,24,27)(H,25,26). The lowest BCUT2D eigenvalue weighted by molar-refractivity contribution is -0.147. The molecule has 2 rings (SSSR count). The van der Waals surface area contributed by atoms with Gasteiger partial charge in [-0.25, -0.2) is 0 Å². The molecule has 2 N–H and O–H groups in total. The lowest BCUT2D eigenvalue weighted by atomic mass is 10.1. The Morgan fingerprint density at radius 3 is 2.34 bits per heavy atom. The summed E-state index contributed by atoms with van der Waals surface area (Å²) in [5, 5.41) is 5.86. The molecule has 0 aliphatic heterocycles. The lowest BCUT2D eigenvalue weighted by Gasteiger charge is -2.12. The Labute approximate surface area is 183 Å². The molecule has 0 spiro atoms. The van der Waals surface area contributed by atoms with Gasteiger partial charge in [0.25, 0.3) is 5.91 Å². The SMILES string of the molecule is Cc1c(Br)ccc(NC(=O)COC(=O)CCCC(=O)Nc2ccccc2Cl)c1C. The normalized spacial score (nSPS) is 10.3. The first kappa shape index (κ1) is 22.9. The highest BCUT2D eigenvalue weighted by molar-refractivity contribution is 9.10. The molecule has 8 heteroatoms. The zero-order valence-electron chi connectivity index (χ0n) is 16.2. The van der Waals surface area contributed by atoms with Crippen LogP contribution in [-0.2, 0) is 19.1 Å². The average Bonchev–Trinajstić information content (AvgIpc) is 2.68. The summed E-state index contributed by atoms with van der Waals surface area (Å²) >= 11 is 9.41. The number of carbonyl (C=O) groups excluding carboxylic acids is 3. The number of nitrogens with one attached hydrogen (secondary N) is 2. The first-order valence-electron chi connectivity index (χ1n) is 9.03. The van der Waals surface area contributed by atoms with Crippen molar-refractivity contribution in [2.75, 3.05) is 17.2 Å². The zero-order chi connectivity index (χ0) is 21.4. The van der Waals surface area contributed by atoms with Crippen molar-refractivity contribution in [2.24, 2.45) is 0 Å². The number of rotatable bonds is 8. The predicted molar refractivity (Wildman–Crippen MR) is 117 cm³/mol. The number of carbonyl (C=O) groups is 3. The van der Waals surface area contributed by atoms with Crippen LogP contribution in [0.15, 0.2) is 40.9 Å². The molecular weight excluding hydrogens is 460 g/mol. The molecule has 6 nitrogen and oxygen atoms in total. The van der Waals surface area contributed by atoms with Crippen LogP contribution in [0.5, 0.6) is 0 Å². The molecule has 2 aromatic carbocycles. The number of amides is 2. The van der Waals surface area contributed by atoms with Crippen LogP contribution in [0.2, 0.25) is 5.02 Å². The fraction of sp³-hybridized carbons (Fsp3) is 0.286. The van der Waals surface area contributed by atoms with E-state index in [1.54, 1.807) is 30.3 Å². The maximum absolute atomic E-state index is 12.0. The van der Waals surface area contributed by atoms with E-state index >= 15 is 0 Å². The summed E-state index contributed by atoms with van der Waals surface area (Å²) in [7, 11) is 0. The Hall–Kier alpha value is -2.38. The average molecular weight is 482 g/mol. The van der Waals surface area contributed by atoms with Gasteiger partial charge in [0.2, 0.25) is 5.91 Å². The van der Waals surface area contributed by atoms with E-state index < -0.39 is 11.9 Å². The van der Waals surface area contributed by atoms with Gasteiger partial charge in [0.15, 0.2) is 6.61 Å². The third-order valence-corrected chi connectivity index (χ3v) is 5.48. The fourth-order valence-electron chi connectivity index (χ4n) is 2.50. The van der Waals surface area contributed by atoms with Crippen molar-refractivity contribution in [1.29, 1.82) is 0 Å². The number of halogens is 2. The smallest absolute Gasteiger partial charge is 0.306 e. The molecule has 0 aromatic heterocycles. The summed E-state index contributed by atoms with van der Waals surface area (Å²) in [5.74, 6) is -1.20. The maximum atomic E-state index is 12.0. The summed E-state index contributed by atoms with van der Waals surface area (Å²) in [6.45, 7) is 3.46. The van der Waals surface area contributed by atoms with Gasteiger partial charge in [-0.1, -0.05) is 39.7 Å². The van der Waals surface area contributed by atoms with Crippen LogP contribution in [0, 0.1) is 13.8 Å². The predicted octanol–water partition coefficient (Wildman–Crippen LogP) is 5.01. The molecule has 0 atom stereocenters. The van der Waals surface area contributed by atoms with E-state index in [-0.39, 0.29) is 25.4 Å². The number of esters is 1. The van der Waals surface area contributed by atoms with E-state index in [0.29, 0.717) is 22.8 Å². The van der Waals surface area contributed by atoms with Gasteiger partial charge in [-0.2, -0.15) is 0 Å². The maximum Gasteiger partial charge on any atom is 0.306 e. The molecular formula is C21H22BrClN2O4. The van der Waals surface area contributed by atoms with Crippen LogP contribution in [-0.4, -0.2) is 24.4 Å². The second-order valence-corrected chi connectivity index (χ2v) is 7.70. The second kappa shape index (κ2) is 11.0. The molecule has 0 aliphatic carbocycles. The summed E-state index contributed by atoms with van der Waals surface area (Å²) in [6, 6.07) is 10.5. The highest BCUT2D eigenvalue weighted by atomic mass is 79.9. The van der Waals surface area contributed by atoms with E-state index in [0.717, 1.165) is 15.6 Å². The second-order valence-electron chi connectivity index (χ2n) is 6.44. The Balaban J connectivity index is 1.69. The van der Waals surface area contributed by atoms with Crippen molar-refractivity contribution >= 4 is 56.7 Å². The molecule has 2 aromatic rings. The molecule has 29 heavy (non-hydrogen) atoms. The molecule has 0 fully saturated rings. The minimum absolute atomic E-state index is 0.0413. The van der Waals surface area contributed by atoms with Crippen LogP contribution < -0.4 is 10.6 Å². The molecule has 0 heterocycles. The van der Waals surface area contributed by atoms with Gasteiger partial charge in [0.05, 0.1) is 10.7 Å². The van der Waals surface area contributed by atoms with Crippen molar-refractivity contribution in [3.8, 4) is 0 Å². The fourth-order valence-corrected chi connectivity index (χ4v) is 3.11. The highest BCUT2D eigenvalue weighted by Gasteiger charge is 2.12. The van der Waals surface area contributed by atoms with Gasteiger partial charge in [0, 0.05) is 23.0 Å². The molecule has 0 bridgehead atoms. The number of hydrogen-bond acceptors (Lipinski definition) is 4. The minimum Gasteiger partial charge on any atom is -0.456 e. The zero-order valence-corrected chi connectivity index (χ0v) is 18.5. The summed E-state index contributed by atoms with van der Waals surface area (Å²) in [4.78, 5) is 35.7. The Bertz CT molecular complexity index is 918. The van der Waals surface area contributed by atoms with Crippen LogP contribution in [0.25, 0.3) is 0 Å². The van der Waals surface area contributed by atoms with E-state index in [1.165, 1.54) is 0 Å². The number of ether oxygens (including phenoxy) is 1. The largest absolute Gasteiger partial charge is 0.456 e. The topological polar surface area (TPSA) is 84.5 Å². The Morgan fingerprint density at radius 1 is 0.931 bits per heavy atom. The van der Waals surface area contributed by atoms with Gasteiger partial charge in [0.1, 0.15) is 0 Å². The van der Waals surface area contributed by atoms with E-state index in [4.69, 9.17) is 16.3 Å². The molecule has 0 radical (unpaired) electrons. The van der Waals surface area contributed by atoms with Gasteiger partial charge >= 0.3 is 5.97 Å². The number of para-hydroxylation sites is 1. The number of benzene rings is 2. The summed E-state index contributed by atoms with van der Waals surface area (Å²) in [6.07, 6.45) is 0.491. The van der Waals surface area contributed by atoms with E-state index in [9.17, 15) is 14.4 Å². The molecule has 0 saturated heterocycles. The number of hydrogen-bond donors (Lipinski definition) is 2. The molecule has 2 amide bonds. The molecule has 0 saturated carbocycles. The van der Waals surface area contributed by atoms with Gasteiger partial charge in [-0.15, -0.1) is 0 Å². The van der Waals surface area contributed by atoms with E-state index in [1.807, 2.05) is 19.9 Å². The van der Waals surface area contributed by atoms with Crippen LogP contribution in [0.4, 0.5) is 11.4 Å². The first-order valence-corrected chi connectivity index (χ1v) is 10.2. The first-order chi connectivity index (χ1) is 13.8. The third-order valence-electron chi connectivity index (χ3n) is 4.29. The lowest BCUT2D eigenvalue weighted by Crippen LogP contribution is -2.21. The monoisotopic (exact) mass is 480 g/mol.